The van der Waals surface area contributed by atoms with Gasteiger partial charge < -0.3 is 0 Å². The Morgan fingerprint density at radius 2 is 1.90 bits per heavy atom. The standard InChI is InChI=1S/C15H21NO3S/c1-11-7-6-10-13(17)14(11)15(16-20(2,18)19)12-8-4-3-5-9-12/h3-5,8-9,11,14-16H,6-7,10H2,1-2H3/t11-,14+,15-/m1/s1. The lowest BCUT2D eigenvalue weighted by atomic mass is 9.74. The average molecular weight is 295 g/mol. The Bertz CT molecular complexity index is 568. The van der Waals surface area contributed by atoms with E-state index in [9.17, 15) is 13.2 Å². The molecule has 1 aliphatic carbocycles. The molecular weight excluding hydrogens is 274 g/mol. The molecule has 2 rings (SSSR count). The molecule has 1 aromatic carbocycles. The van der Waals surface area contributed by atoms with E-state index in [0.29, 0.717) is 6.42 Å². The van der Waals surface area contributed by atoms with Crippen molar-refractivity contribution < 1.29 is 13.2 Å². The van der Waals surface area contributed by atoms with Crippen LogP contribution in [-0.2, 0) is 14.8 Å². The Hall–Kier alpha value is -1.20. The number of benzene rings is 1. The number of Topliss-reactive ketones (excluding diaryl/α,β-unsaturated/α-hetero) is 1. The largest absolute Gasteiger partial charge is 0.299 e. The zero-order chi connectivity index (χ0) is 14.8. The Labute approximate surface area is 120 Å². The van der Waals surface area contributed by atoms with E-state index in [0.717, 1.165) is 24.7 Å². The molecule has 0 heterocycles. The van der Waals surface area contributed by atoms with E-state index in [1.54, 1.807) is 0 Å². The van der Waals surface area contributed by atoms with Crippen molar-refractivity contribution in [1.82, 2.24) is 4.72 Å². The maximum Gasteiger partial charge on any atom is 0.209 e. The first kappa shape index (κ1) is 15.2. The number of rotatable bonds is 4. The van der Waals surface area contributed by atoms with Gasteiger partial charge in [0.2, 0.25) is 10.0 Å². The molecule has 3 atom stereocenters. The maximum atomic E-state index is 12.3. The number of carbonyl (C=O) groups excluding carboxylic acids is 1. The van der Waals surface area contributed by atoms with Crippen LogP contribution in [0, 0.1) is 11.8 Å². The summed E-state index contributed by atoms with van der Waals surface area (Å²) in [5.74, 6) is 0.0744. The van der Waals surface area contributed by atoms with E-state index in [2.05, 4.69) is 4.72 Å². The predicted molar refractivity (Wildman–Crippen MR) is 78.7 cm³/mol. The lowest BCUT2D eigenvalue weighted by Gasteiger charge is -2.34. The molecule has 0 bridgehead atoms. The highest BCUT2D eigenvalue weighted by Crippen LogP contribution is 2.36. The van der Waals surface area contributed by atoms with Crippen molar-refractivity contribution in [1.29, 1.82) is 0 Å². The third-order valence-corrected chi connectivity index (χ3v) is 4.61. The molecule has 1 aliphatic rings. The third-order valence-electron chi connectivity index (χ3n) is 3.93. The van der Waals surface area contributed by atoms with E-state index in [-0.39, 0.29) is 17.6 Å². The Balaban J connectivity index is 2.38. The summed E-state index contributed by atoms with van der Waals surface area (Å²) in [6, 6.07) is 8.89. The van der Waals surface area contributed by atoms with E-state index in [1.807, 2.05) is 37.3 Å². The van der Waals surface area contributed by atoms with Gasteiger partial charge in [-0.1, -0.05) is 37.3 Å². The highest BCUT2D eigenvalue weighted by atomic mass is 32.2. The molecule has 20 heavy (non-hydrogen) atoms. The van der Waals surface area contributed by atoms with Crippen LogP contribution in [0.15, 0.2) is 30.3 Å². The minimum absolute atomic E-state index is 0.161. The summed E-state index contributed by atoms with van der Waals surface area (Å²) in [6.07, 6.45) is 3.55. The SMILES string of the molecule is C[C@@H]1CCCC(=O)[C@H]1[C@H](NS(C)(=O)=O)c1ccccc1. The monoisotopic (exact) mass is 295 g/mol. The maximum absolute atomic E-state index is 12.3. The van der Waals surface area contributed by atoms with Gasteiger partial charge in [-0.3, -0.25) is 4.79 Å². The van der Waals surface area contributed by atoms with Crippen LogP contribution in [0.1, 0.15) is 37.8 Å². The van der Waals surface area contributed by atoms with Crippen molar-refractivity contribution in [2.75, 3.05) is 6.26 Å². The fourth-order valence-electron chi connectivity index (χ4n) is 3.02. The van der Waals surface area contributed by atoms with Gasteiger partial charge in [-0.05, 0) is 24.3 Å². The molecule has 1 fully saturated rings. The number of nitrogens with one attached hydrogen (secondary N) is 1. The van der Waals surface area contributed by atoms with Crippen LogP contribution in [0.3, 0.4) is 0 Å². The second-order valence-electron chi connectivity index (χ2n) is 5.64. The van der Waals surface area contributed by atoms with E-state index in [4.69, 9.17) is 0 Å². The zero-order valence-corrected chi connectivity index (χ0v) is 12.7. The molecule has 0 spiro atoms. The van der Waals surface area contributed by atoms with Gasteiger partial charge in [-0.25, -0.2) is 13.1 Å². The second kappa shape index (κ2) is 6.06. The summed E-state index contributed by atoms with van der Waals surface area (Å²) in [7, 11) is -3.37. The molecule has 0 amide bonds. The first-order valence-electron chi connectivity index (χ1n) is 6.93. The molecule has 1 saturated carbocycles. The summed E-state index contributed by atoms with van der Waals surface area (Å²) in [6.45, 7) is 2.03. The average Bonchev–Trinajstić information content (AvgIpc) is 2.37. The van der Waals surface area contributed by atoms with Gasteiger partial charge in [-0.15, -0.1) is 0 Å². The fourth-order valence-corrected chi connectivity index (χ4v) is 3.76. The van der Waals surface area contributed by atoms with Crippen LogP contribution in [0.2, 0.25) is 0 Å². The van der Waals surface area contributed by atoms with Crippen LogP contribution in [0.25, 0.3) is 0 Å². The van der Waals surface area contributed by atoms with Gasteiger partial charge in [0, 0.05) is 12.3 Å². The molecule has 0 unspecified atom stereocenters. The van der Waals surface area contributed by atoms with Gasteiger partial charge in [0.25, 0.3) is 0 Å². The molecule has 0 aromatic heterocycles. The smallest absolute Gasteiger partial charge is 0.209 e. The van der Waals surface area contributed by atoms with Gasteiger partial charge in [-0.2, -0.15) is 0 Å². The van der Waals surface area contributed by atoms with Crippen LogP contribution >= 0.6 is 0 Å². The zero-order valence-electron chi connectivity index (χ0n) is 11.9. The summed E-state index contributed by atoms with van der Waals surface area (Å²) in [5, 5.41) is 0. The van der Waals surface area contributed by atoms with Gasteiger partial charge in [0.15, 0.2) is 0 Å². The van der Waals surface area contributed by atoms with Gasteiger partial charge in [0.1, 0.15) is 5.78 Å². The summed E-state index contributed by atoms with van der Waals surface area (Å²) >= 11 is 0. The Morgan fingerprint density at radius 3 is 2.45 bits per heavy atom. The van der Waals surface area contributed by atoms with Crippen molar-refractivity contribution in [2.45, 2.75) is 32.2 Å². The van der Waals surface area contributed by atoms with Crippen LogP contribution in [0.4, 0.5) is 0 Å². The lowest BCUT2D eigenvalue weighted by molar-refractivity contribution is -0.127. The van der Waals surface area contributed by atoms with E-state index in [1.165, 1.54) is 0 Å². The first-order chi connectivity index (χ1) is 9.38. The highest BCUT2D eigenvalue weighted by molar-refractivity contribution is 7.88. The summed E-state index contributed by atoms with van der Waals surface area (Å²) in [4.78, 5) is 12.3. The summed E-state index contributed by atoms with van der Waals surface area (Å²) < 4.78 is 26.0. The molecule has 110 valence electrons. The van der Waals surface area contributed by atoms with Crippen LogP contribution in [0.5, 0.6) is 0 Å². The minimum atomic E-state index is -3.37. The number of hydrogen-bond donors (Lipinski definition) is 1. The second-order valence-corrected chi connectivity index (χ2v) is 7.42. The molecule has 0 radical (unpaired) electrons. The Morgan fingerprint density at radius 1 is 1.25 bits per heavy atom. The fraction of sp³-hybridized carbons (Fsp3) is 0.533. The molecular formula is C15H21NO3S. The van der Waals surface area contributed by atoms with E-state index < -0.39 is 16.1 Å². The predicted octanol–water partition coefficient (Wildman–Crippen LogP) is 2.28. The number of hydrogen-bond acceptors (Lipinski definition) is 3. The van der Waals surface area contributed by atoms with Crippen LogP contribution < -0.4 is 4.72 Å². The Kier molecular flexibility index (Phi) is 4.60. The summed E-state index contributed by atoms with van der Waals surface area (Å²) in [5.41, 5.74) is 0.852. The minimum Gasteiger partial charge on any atom is -0.299 e. The number of ketones is 1. The van der Waals surface area contributed by atoms with Crippen molar-refractivity contribution in [3.05, 3.63) is 35.9 Å². The topological polar surface area (TPSA) is 63.2 Å². The molecule has 0 aliphatic heterocycles. The van der Waals surface area contributed by atoms with Gasteiger partial charge >= 0.3 is 0 Å². The quantitative estimate of drug-likeness (QED) is 0.927. The van der Waals surface area contributed by atoms with Crippen molar-refractivity contribution in [3.63, 3.8) is 0 Å². The van der Waals surface area contributed by atoms with Crippen molar-refractivity contribution >= 4 is 15.8 Å². The van der Waals surface area contributed by atoms with Crippen molar-refractivity contribution in [2.24, 2.45) is 11.8 Å². The number of carbonyl (C=O) groups is 1. The van der Waals surface area contributed by atoms with Gasteiger partial charge in [0.05, 0.1) is 12.3 Å². The molecule has 0 saturated heterocycles. The highest BCUT2D eigenvalue weighted by Gasteiger charge is 2.37. The lowest BCUT2D eigenvalue weighted by Crippen LogP contribution is -2.41. The van der Waals surface area contributed by atoms with E-state index >= 15 is 0 Å². The molecule has 5 heteroatoms. The molecule has 1 N–H and O–H groups in total. The number of sulfonamides is 1. The van der Waals surface area contributed by atoms with Crippen molar-refractivity contribution in [3.8, 4) is 0 Å². The van der Waals surface area contributed by atoms with Crippen LogP contribution in [-0.4, -0.2) is 20.5 Å². The first-order valence-corrected chi connectivity index (χ1v) is 8.82. The molecule has 1 aromatic rings. The third kappa shape index (κ3) is 3.67. The normalized spacial score (nSPS) is 25.4. The molecule has 4 nitrogen and oxygen atoms in total.